The summed E-state index contributed by atoms with van der Waals surface area (Å²) in [6.45, 7) is 8.89. The highest BCUT2D eigenvalue weighted by atomic mass is 16.2. The molecule has 1 saturated heterocycles. The number of hydrogen-bond acceptors (Lipinski definition) is 5. The van der Waals surface area contributed by atoms with Gasteiger partial charge in [-0.25, -0.2) is 0 Å². The van der Waals surface area contributed by atoms with Gasteiger partial charge in [0.25, 0.3) is 5.56 Å². The zero-order valence-corrected chi connectivity index (χ0v) is 18.0. The molecule has 7 heteroatoms. The van der Waals surface area contributed by atoms with E-state index in [9.17, 15) is 9.59 Å². The van der Waals surface area contributed by atoms with Crippen molar-refractivity contribution in [3.05, 3.63) is 59.3 Å². The van der Waals surface area contributed by atoms with Crippen molar-refractivity contribution in [1.82, 2.24) is 20.2 Å². The lowest BCUT2D eigenvalue weighted by molar-refractivity contribution is -0.125. The van der Waals surface area contributed by atoms with E-state index in [1.165, 1.54) is 0 Å². The van der Waals surface area contributed by atoms with Crippen LogP contribution >= 0.6 is 0 Å². The van der Waals surface area contributed by atoms with Crippen LogP contribution in [0, 0.1) is 0 Å². The van der Waals surface area contributed by atoms with Crippen molar-refractivity contribution in [2.45, 2.75) is 39.3 Å². The molecule has 0 bridgehead atoms. The van der Waals surface area contributed by atoms with Gasteiger partial charge in [0.1, 0.15) is 5.69 Å². The van der Waals surface area contributed by atoms with E-state index in [2.05, 4.69) is 34.0 Å². The largest absolute Gasteiger partial charge is 0.363 e. The average molecular weight is 410 g/mol. The zero-order valence-electron chi connectivity index (χ0n) is 18.0. The highest BCUT2D eigenvalue weighted by Gasteiger charge is 2.30. The first-order chi connectivity index (χ1) is 14.5. The molecule has 1 aliphatic rings. The molecule has 0 saturated carbocycles. The van der Waals surface area contributed by atoms with Gasteiger partial charge in [0.2, 0.25) is 5.91 Å². The number of rotatable bonds is 8. The molecule has 0 spiro atoms. The number of H-pyrrole nitrogens is 1. The molecule has 7 nitrogen and oxygen atoms in total. The minimum absolute atomic E-state index is 0.0264. The predicted octanol–water partition coefficient (Wildman–Crippen LogP) is 2.42. The van der Waals surface area contributed by atoms with Gasteiger partial charge in [-0.3, -0.25) is 14.6 Å². The second-order valence-electron chi connectivity index (χ2n) is 7.82. The van der Waals surface area contributed by atoms with Crippen LogP contribution in [0.1, 0.15) is 27.2 Å². The second-order valence-corrected chi connectivity index (χ2v) is 7.82. The van der Waals surface area contributed by atoms with Gasteiger partial charge in [-0.2, -0.15) is 0 Å². The second kappa shape index (κ2) is 10.2. The van der Waals surface area contributed by atoms with Crippen LogP contribution in [0.2, 0.25) is 0 Å². The van der Waals surface area contributed by atoms with Crippen LogP contribution in [-0.2, 0) is 4.79 Å². The van der Waals surface area contributed by atoms with Crippen LogP contribution in [0.4, 0.5) is 5.69 Å². The molecule has 1 amide bonds. The third kappa shape index (κ3) is 5.36. The van der Waals surface area contributed by atoms with E-state index >= 15 is 0 Å². The molecule has 3 heterocycles. The standard InChI is InChI=1S/C23H31N5O2/c1-4-28(20-9-13-27(16-20)22(29)6-5-10-25-17(2)3)21-14-19(15-26-23(21)30)18-7-11-24-12-8-18/h5-8,11-12,14-15,17,20,25H,4,9-10,13,16H2,1-3H3,(H,26,30)/t20-/m0/s1. The number of carbonyl (C=O) groups excluding carboxylic acids is 1. The fourth-order valence-electron chi connectivity index (χ4n) is 3.79. The number of amides is 1. The zero-order chi connectivity index (χ0) is 21.5. The van der Waals surface area contributed by atoms with Crippen molar-refractivity contribution in [2.24, 2.45) is 0 Å². The molecular formula is C23H31N5O2. The third-order valence-corrected chi connectivity index (χ3v) is 5.37. The van der Waals surface area contributed by atoms with E-state index in [1.807, 2.05) is 36.1 Å². The summed E-state index contributed by atoms with van der Waals surface area (Å²) in [5, 5.41) is 3.27. The quantitative estimate of drug-likeness (QED) is 0.655. The Kier molecular flexibility index (Phi) is 7.41. The lowest BCUT2D eigenvalue weighted by atomic mass is 10.1. The monoisotopic (exact) mass is 409 g/mol. The molecule has 1 fully saturated rings. The smallest absolute Gasteiger partial charge is 0.271 e. The Bertz CT molecular complexity index is 923. The van der Waals surface area contributed by atoms with Crippen LogP contribution in [0.5, 0.6) is 0 Å². The SMILES string of the molecule is CCN(c1cc(-c2ccncc2)c[nH]c1=O)[C@H]1CCN(C(=O)C=CCNC(C)C)C1. The molecule has 2 aromatic rings. The van der Waals surface area contributed by atoms with Crippen molar-refractivity contribution < 1.29 is 4.79 Å². The van der Waals surface area contributed by atoms with Gasteiger partial charge in [-0.15, -0.1) is 0 Å². The Balaban J connectivity index is 1.71. The van der Waals surface area contributed by atoms with E-state index in [0.717, 1.165) is 17.5 Å². The van der Waals surface area contributed by atoms with Gasteiger partial charge in [0, 0.05) is 68.5 Å². The number of carbonyl (C=O) groups is 1. The maximum Gasteiger partial charge on any atom is 0.271 e. The minimum Gasteiger partial charge on any atom is -0.363 e. The molecule has 1 atom stereocenters. The fourth-order valence-corrected chi connectivity index (χ4v) is 3.79. The van der Waals surface area contributed by atoms with Crippen molar-refractivity contribution in [2.75, 3.05) is 31.1 Å². The normalized spacial score (nSPS) is 16.5. The van der Waals surface area contributed by atoms with E-state index in [0.29, 0.717) is 37.9 Å². The van der Waals surface area contributed by atoms with E-state index < -0.39 is 0 Å². The van der Waals surface area contributed by atoms with Crippen molar-refractivity contribution in [3.63, 3.8) is 0 Å². The van der Waals surface area contributed by atoms with E-state index in [4.69, 9.17) is 0 Å². The Hall–Kier alpha value is -2.93. The Labute approximate surface area is 177 Å². The maximum atomic E-state index is 12.6. The summed E-state index contributed by atoms with van der Waals surface area (Å²) >= 11 is 0. The summed E-state index contributed by atoms with van der Waals surface area (Å²) in [5.74, 6) is 0.0264. The predicted molar refractivity (Wildman–Crippen MR) is 121 cm³/mol. The molecule has 0 unspecified atom stereocenters. The number of nitrogens with one attached hydrogen (secondary N) is 2. The summed E-state index contributed by atoms with van der Waals surface area (Å²) in [7, 11) is 0. The van der Waals surface area contributed by atoms with Crippen molar-refractivity contribution in [1.29, 1.82) is 0 Å². The minimum atomic E-state index is -0.112. The van der Waals surface area contributed by atoms with Gasteiger partial charge in [-0.1, -0.05) is 19.9 Å². The highest BCUT2D eigenvalue weighted by molar-refractivity contribution is 5.88. The number of aromatic amines is 1. The molecule has 30 heavy (non-hydrogen) atoms. The number of anilines is 1. The third-order valence-electron chi connectivity index (χ3n) is 5.37. The number of aromatic nitrogens is 2. The first-order valence-corrected chi connectivity index (χ1v) is 10.6. The number of hydrogen-bond donors (Lipinski definition) is 2. The van der Waals surface area contributed by atoms with Crippen LogP contribution in [0.3, 0.4) is 0 Å². The number of pyridine rings is 2. The summed E-state index contributed by atoms with van der Waals surface area (Å²) in [6.07, 6.45) is 9.57. The number of likely N-dealkylation sites (N-methyl/N-ethyl adjacent to an activating group) is 1. The van der Waals surface area contributed by atoms with E-state index in [1.54, 1.807) is 24.7 Å². The number of nitrogens with zero attached hydrogens (tertiary/aromatic N) is 3. The maximum absolute atomic E-state index is 12.6. The molecule has 160 valence electrons. The topological polar surface area (TPSA) is 81.3 Å². The summed E-state index contributed by atoms with van der Waals surface area (Å²) in [4.78, 5) is 36.0. The van der Waals surface area contributed by atoms with Gasteiger partial charge < -0.3 is 20.1 Å². The highest BCUT2D eigenvalue weighted by Crippen LogP contribution is 2.25. The molecule has 0 aliphatic carbocycles. The Morgan fingerprint density at radius 2 is 2.13 bits per heavy atom. The molecule has 2 aromatic heterocycles. The molecule has 0 radical (unpaired) electrons. The summed E-state index contributed by atoms with van der Waals surface area (Å²) in [6, 6.07) is 6.28. The van der Waals surface area contributed by atoms with Gasteiger partial charge in [-0.05, 0) is 37.1 Å². The van der Waals surface area contributed by atoms with Crippen LogP contribution in [0.15, 0.2) is 53.7 Å². The average Bonchev–Trinajstić information content (AvgIpc) is 3.23. The number of likely N-dealkylation sites (tertiary alicyclic amines) is 1. The van der Waals surface area contributed by atoms with Crippen LogP contribution < -0.4 is 15.8 Å². The van der Waals surface area contributed by atoms with Crippen LogP contribution in [-0.4, -0.2) is 59.0 Å². The molecular weight excluding hydrogens is 378 g/mol. The molecule has 2 N–H and O–H groups in total. The lowest BCUT2D eigenvalue weighted by Gasteiger charge is -2.29. The first-order valence-electron chi connectivity index (χ1n) is 10.6. The lowest BCUT2D eigenvalue weighted by Crippen LogP contribution is -2.41. The first kappa shape index (κ1) is 21.8. The summed E-state index contributed by atoms with van der Waals surface area (Å²) < 4.78 is 0. The Morgan fingerprint density at radius 3 is 2.83 bits per heavy atom. The van der Waals surface area contributed by atoms with Gasteiger partial charge in [0.15, 0.2) is 0 Å². The Morgan fingerprint density at radius 1 is 1.37 bits per heavy atom. The fraction of sp³-hybridized carbons (Fsp3) is 0.435. The molecule has 0 aromatic carbocycles. The van der Waals surface area contributed by atoms with Crippen LogP contribution in [0.25, 0.3) is 11.1 Å². The van der Waals surface area contributed by atoms with E-state index in [-0.39, 0.29) is 17.5 Å². The van der Waals surface area contributed by atoms with Crippen molar-refractivity contribution in [3.8, 4) is 11.1 Å². The molecule has 1 aliphatic heterocycles. The molecule has 3 rings (SSSR count). The van der Waals surface area contributed by atoms with Crippen molar-refractivity contribution >= 4 is 11.6 Å². The van der Waals surface area contributed by atoms with Gasteiger partial charge >= 0.3 is 0 Å². The summed E-state index contributed by atoms with van der Waals surface area (Å²) in [5.41, 5.74) is 2.47. The van der Waals surface area contributed by atoms with Gasteiger partial charge in [0.05, 0.1) is 0 Å².